The number of thioether (sulfide) groups is 1. The Morgan fingerprint density at radius 1 is 1.20 bits per heavy atom. The summed E-state index contributed by atoms with van der Waals surface area (Å²) in [6, 6.07) is 9.63. The normalized spacial score (nSPS) is 29.8. The molecule has 294 valence electrons. The molecule has 6 atom stereocenters. The third-order valence-corrected chi connectivity index (χ3v) is 13.6. The largest absolute Gasteiger partial charge is 0.384 e. The molecular formula is C46H52ClF2N5OS. The van der Waals surface area contributed by atoms with Crippen LogP contribution in [0, 0.1) is 34.9 Å². The fourth-order valence-corrected chi connectivity index (χ4v) is 10.9. The molecule has 0 spiro atoms. The van der Waals surface area contributed by atoms with Crippen LogP contribution in [-0.2, 0) is 0 Å². The van der Waals surface area contributed by atoms with E-state index < -0.39 is 23.6 Å². The predicted molar refractivity (Wildman–Crippen MR) is 228 cm³/mol. The van der Waals surface area contributed by atoms with Gasteiger partial charge in [0.1, 0.15) is 29.5 Å². The second-order valence-corrected chi connectivity index (χ2v) is 17.4. The van der Waals surface area contributed by atoms with Crippen molar-refractivity contribution in [2.45, 2.75) is 94.7 Å². The molecule has 7 rings (SSSR count). The van der Waals surface area contributed by atoms with E-state index in [1.54, 1.807) is 48.3 Å². The van der Waals surface area contributed by atoms with Gasteiger partial charge in [0.15, 0.2) is 0 Å². The zero-order valence-electron chi connectivity index (χ0n) is 32.3. The van der Waals surface area contributed by atoms with Crippen LogP contribution in [-0.4, -0.2) is 55.8 Å². The van der Waals surface area contributed by atoms with Crippen LogP contribution >= 0.6 is 23.4 Å². The van der Waals surface area contributed by atoms with Crippen molar-refractivity contribution in [2.75, 3.05) is 6.54 Å². The van der Waals surface area contributed by atoms with E-state index in [9.17, 15) is 19.3 Å². The van der Waals surface area contributed by atoms with Gasteiger partial charge in [0.2, 0.25) is 0 Å². The number of rotatable bonds is 14. The van der Waals surface area contributed by atoms with Crippen molar-refractivity contribution in [3.8, 4) is 0 Å². The number of nitrogens with one attached hydrogen (secondary N) is 1. The Morgan fingerprint density at radius 3 is 2.66 bits per heavy atom. The van der Waals surface area contributed by atoms with Gasteiger partial charge in [-0.2, -0.15) is 0 Å². The minimum absolute atomic E-state index is 0.152. The van der Waals surface area contributed by atoms with Crippen LogP contribution in [0.4, 0.5) is 8.78 Å². The van der Waals surface area contributed by atoms with Crippen LogP contribution < -0.4 is 0 Å². The number of benzene rings is 1. The lowest BCUT2D eigenvalue weighted by atomic mass is 9.67. The molecule has 1 saturated heterocycles. The fraction of sp³-hybridized carbons (Fsp3) is 0.435. The first-order valence-electron chi connectivity index (χ1n) is 20.0. The first-order valence-corrected chi connectivity index (χ1v) is 21.3. The third kappa shape index (κ3) is 8.65. The summed E-state index contributed by atoms with van der Waals surface area (Å²) in [6.45, 7) is 8.30. The standard InChI is InChI=1S/C46H52ClF2N5OS/c1-4-38(39-16-8-9-22-51-39)52-42(5-2)46(55)26-31-18-19-32(27-46)34(31)14-10-13-30-24-40-43(37(50)15-7-6-12-29(3)48)44(35-21-20-33(49)25-36(35)47)53-45(54(40)28-30)41-17-11-23-56-41/h4-9,11-12,15-16,20-23,25,29-32,34,41,44,50,55H,2,10,13-14,17-19,24,26-28H2,1,3H3/b12-6+,15-7-,38-4-,50-37?,52-42?/t29-,30?,31?,32?,34?,41?,44+,46?/m1/s1. The molecule has 0 amide bonds. The second-order valence-electron chi connectivity index (χ2n) is 15.9. The summed E-state index contributed by atoms with van der Waals surface area (Å²) >= 11 is 8.47. The Morgan fingerprint density at radius 2 is 2.00 bits per heavy atom. The molecule has 6 nitrogen and oxygen atoms in total. The maximum absolute atomic E-state index is 14.3. The highest BCUT2D eigenvalue weighted by Gasteiger charge is 2.50. The Balaban J connectivity index is 1.09. The van der Waals surface area contributed by atoms with E-state index in [0.717, 1.165) is 80.0 Å². The number of aromatic nitrogens is 1. The van der Waals surface area contributed by atoms with E-state index in [-0.39, 0.29) is 10.3 Å². The van der Waals surface area contributed by atoms with E-state index >= 15 is 0 Å². The van der Waals surface area contributed by atoms with Crippen LogP contribution in [0.5, 0.6) is 0 Å². The van der Waals surface area contributed by atoms with E-state index in [1.807, 2.05) is 31.2 Å². The lowest BCUT2D eigenvalue weighted by Crippen LogP contribution is -2.46. The van der Waals surface area contributed by atoms with Crippen molar-refractivity contribution < 1.29 is 13.9 Å². The van der Waals surface area contributed by atoms with Crippen LogP contribution in [0.2, 0.25) is 5.02 Å². The molecule has 2 saturated carbocycles. The molecule has 1 aromatic carbocycles. The van der Waals surface area contributed by atoms with Crippen molar-refractivity contribution in [2.24, 2.45) is 33.7 Å². The molecule has 2 bridgehead atoms. The zero-order chi connectivity index (χ0) is 39.4. The van der Waals surface area contributed by atoms with Crippen LogP contribution in [0.1, 0.15) is 88.9 Å². The number of amidine groups is 1. The molecule has 3 fully saturated rings. The summed E-state index contributed by atoms with van der Waals surface area (Å²) < 4.78 is 27.8. The van der Waals surface area contributed by atoms with Crippen molar-refractivity contribution in [3.05, 3.63) is 130 Å². The van der Waals surface area contributed by atoms with Crippen molar-refractivity contribution in [1.29, 1.82) is 5.41 Å². The van der Waals surface area contributed by atoms with Gasteiger partial charge in [-0.3, -0.25) is 9.98 Å². The summed E-state index contributed by atoms with van der Waals surface area (Å²) in [5, 5.41) is 24.0. The van der Waals surface area contributed by atoms with Crippen LogP contribution in [0.15, 0.2) is 118 Å². The summed E-state index contributed by atoms with van der Waals surface area (Å²) in [5.41, 5.74) is 3.98. The quantitative estimate of drug-likeness (QED) is 0.147. The smallest absolute Gasteiger partial charge is 0.124 e. The minimum atomic E-state index is -1.09. The molecule has 4 unspecified atom stereocenters. The second kappa shape index (κ2) is 17.7. The fourth-order valence-electron chi connectivity index (χ4n) is 9.71. The van der Waals surface area contributed by atoms with Gasteiger partial charge in [0, 0.05) is 34.6 Å². The van der Waals surface area contributed by atoms with Crippen LogP contribution in [0.3, 0.4) is 0 Å². The molecule has 2 aliphatic carbocycles. The highest BCUT2D eigenvalue weighted by Crippen LogP contribution is 2.53. The molecule has 2 aromatic rings. The molecule has 5 aliphatic rings. The van der Waals surface area contributed by atoms with Crippen molar-refractivity contribution in [1.82, 2.24) is 9.88 Å². The number of nitrogens with zero attached hydrogens (tertiary/aromatic N) is 4. The van der Waals surface area contributed by atoms with Gasteiger partial charge < -0.3 is 15.4 Å². The highest BCUT2D eigenvalue weighted by molar-refractivity contribution is 8.03. The number of aliphatic imine (C=N–C) groups is 2. The van der Waals surface area contributed by atoms with Crippen molar-refractivity contribution >= 4 is 46.3 Å². The number of allylic oxidation sites excluding steroid dienone is 7. The molecule has 1 aromatic heterocycles. The summed E-state index contributed by atoms with van der Waals surface area (Å²) in [7, 11) is 0. The molecule has 4 heterocycles. The summed E-state index contributed by atoms with van der Waals surface area (Å²) in [4.78, 5) is 17.1. The number of pyridine rings is 1. The maximum Gasteiger partial charge on any atom is 0.124 e. The average Bonchev–Trinajstić information content (AvgIpc) is 3.92. The van der Waals surface area contributed by atoms with E-state index in [4.69, 9.17) is 21.6 Å². The molecule has 56 heavy (non-hydrogen) atoms. The Labute approximate surface area is 339 Å². The number of fused-ring (bicyclic) bond motifs is 3. The predicted octanol–water partition coefficient (Wildman–Crippen LogP) is 11.4. The third-order valence-electron chi connectivity index (χ3n) is 12.2. The van der Waals surface area contributed by atoms with Gasteiger partial charge in [0.05, 0.1) is 28.1 Å². The Kier molecular flexibility index (Phi) is 12.7. The number of alkyl halides is 1. The van der Waals surface area contributed by atoms with Gasteiger partial charge in [-0.05, 0) is 131 Å². The Bertz CT molecular complexity index is 2000. The number of hydrogen-bond acceptors (Lipinski definition) is 7. The summed E-state index contributed by atoms with van der Waals surface area (Å²) in [5.74, 6) is 2.39. The number of aliphatic hydroxyl groups is 1. The van der Waals surface area contributed by atoms with Crippen LogP contribution in [0.25, 0.3) is 5.70 Å². The molecule has 0 radical (unpaired) electrons. The highest BCUT2D eigenvalue weighted by atomic mass is 35.5. The topological polar surface area (TPSA) is 84.9 Å². The zero-order valence-corrected chi connectivity index (χ0v) is 33.8. The number of hydrogen-bond donors (Lipinski definition) is 2. The Hall–Kier alpha value is -3.92. The van der Waals surface area contributed by atoms with Gasteiger partial charge in [0.25, 0.3) is 0 Å². The van der Waals surface area contributed by atoms with E-state index in [0.29, 0.717) is 53.5 Å². The lowest BCUT2D eigenvalue weighted by molar-refractivity contribution is 0.0117. The lowest BCUT2D eigenvalue weighted by Gasteiger charge is -2.41. The van der Waals surface area contributed by atoms with Crippen molar-refractivity contribution in [3.63, 3.8) is 0 Å². The molecule has 2 N–H and O–H groups in total. The first-order chi connectivity index (χ1) is 27.1. The molecule has 3 aliphatic heterocycles. The number of halogens is 3. The SMILES string of the molecule is C=CC(=N/C(=C\C)c1ccccn1)C1(O)CC2CCC(C1)C2CCCC1CC2=C(C(=N)/C=C\C=C\[C@@H](C)F)[C@H](c3ccc(F)cc3Cl)N=C(C3CC=CS3)N2C1. The van der Waals surface area contributed by atoms with Gasteiger partial charge in [-0.1, -0.05) is 67.1 Å². The van der Waals surface area contributed by atoms with Gasteiger partial charge >= 0.3 is 0 Å². The maximum atomic E-state index is 14.3. The minimum Gasteiger partial charge on any atom is -0.384 e. The first kappa shape index (κ1) is 40.3. The summed E-state index contributed by atoms with van der Waals surface area (Å²) in [6.07, 6.45) is 21.6. The molecule has 10 heteroatoms. The molecular weight excluding hydrogens is 744 g/mol. The van der Waals surface area contributed by atoms with Gasteiger partial charge in [-0.15, -0.1) is 11.8 Å². The van der Waals surface area contributed by atoms with E-state index in [1.165, 1.54) is 25.1 Å². The van der Waals surface area contributed by atoms with Gasteiger partial charge in [-0.25, -0.2) is 13.8 Å². The van der Waals surface area contributed by atoms with E-state index in [2.05, 4.69) is 27.9 Å². The monoisotopic (exact) mass is 795 g/mol. The average molecular weight is 796 g/mol.